The SMILES string of the molecule is Cc1nc(-c2ccccc2)sc1C(=O)Nc1nnc(C(C)C)s1. The molecule has 0 aliphatic rings. The van der Waals surface area contributed by atoms with E-state index in [0.717, 1.165) is 21.3 Å². The van der Waals surface area contributed by atoms with Gasteiger partial charge in [0.1, 0.15) is 14.9 Å². The van der Waals surface area contributed by atoms with E-state index in [0.29, 0.717) is 15.9 Å². The Labute approximate surface area is 142 Å². The van der Waals surface area contributed by atoms with E-state index in [2.05, 4.69) is 20.5 Å². The van der Waals surface area contributed by atoms with Crippen molar-refractivity contribution in [2.24, 2.45) is 0 Å². The molecular weight excluding hydrogens is 328 g/mol. The van der Waals surface area contributed by atoms with Crippen LogP contribution in [0.15, 0.2) is 30.3 Å². The van der Waals surface area contributed by atoms with E-state index in [1.807, 2.05) is 51.1 Å². The maximum Gasteiger partial charge on any atom is 0.269 e. The first-order valence-corrected chi connectivity index (χ1v) is 8.85. The Morgan fingerprint density at radius 1 is 1.13 bits per heavy atom. The number of amides is 1. The van der Waals surface area contributed by atoms with Crippen molar-refractivity contribution in [2.45, 2.75) is 26.7 Å². The third-order valence-corrected chi connectivity index (χ3v) is 5.52. The van der Waals surface area contributed by atoms with Gasteiger partial charge in [0.2, 0.25) is 5.13 Å². The number of hydrogen-bond acceptors (Lipinski definition) is 6. The van der Waals surface area contributed by atoms with Crippen LogP contribution < -0.4 is 5.32 Å². The number of nitrogens with one attached hydrogen (secondary N) is 1. The van der Waals surface area contributed by atoms with Crippen molar-refractivity contribution in [3.63, 3.8) is 0 Å². The van der Waals surface area contributed by atoms with Gasteiger partial charge in [0, 0.05) is 11.5 Å². The molecule has 0 fully saturated rings. The molecule has 0 unspecified atom stereocenters. The first-order chi connectivity index (χ1) is 11.0. The lowest BCUT2D eigenvalue weighted by Gasteiger charge is -1.98. The van der Waals surface area contributed by atoms with Crippen molar-refractivity contribution in [1.29, 1.82) is 0 Å². The minimum Gasteiger partial charge on any atom is -0.296 e. The molecule has 2 aromatic heterocycles. The fourth-order valence-electron chi connectivity index (χ4n) is 1.98. The first-order valence-electron chi connectivity index (χ1n) is 7.22. The number of aryl methyl sites for hydroxylation is 1. The molecule has 1 amide bonds. The molecular formula is C16H16N4OS2. The lowest BCUT2D eigenvalue weighted by molar-refractivity contribution is 0.102. The van der Waals surface area contributed by atoms with Gasteiger partial charge in [-0.1, -0.05) is 55.5 Å². The third kappa shape index (κ3) is 3.46. The predicted molar refractivity (Wildman–Crippen MR) is 94.2 cm³/mol. The third-order valence-electron chi connectivity index (χ3n) is 3.18. The van der Waals surface area contributed by atoms with E-state index in [4.69, 9.17) is 0 Å². The maximum atomic E-state index is 12.5. The zero-order valence-electron chi connectivity index (χ0n) is 13.0. The standard InChI is InChI=1S/C16H16N4OS2/c1-9(2)14-19-20-16(23-14)18-13(21)12-10(3)17-15(22-12)11-7-5-4-6-8-11/h4-9H,1-3H3,(H,18,20,21). The molecule has 3 aromatic rings. The summed E-state index contributed by atoms with van der Waals surface area (Å²) in [6.45, 7) is 5.94. The Balaban J connectivity index is 1.81. The van der Waals surface area contributed by atoms with Crippen molar-refractivity contribution in [2.75, 3.05) is 5.32 Å². The van der Waals surface area contributed by atoms with Gasteiger partial charge in [-0.25, -0.2) is 4.98 Å². The van der Waals surface area contributed by atoms with Crippen molar-refractivity contribution >= 4 is 33.7 Å². The molecule has 1 aromatic carbocycles. The lowest BCUT2D eigenvalue weighted by atomic mass is 10.2. The summed E-state index contributed by atoms with van der Waals surface area (Å²) in [5, 5.41) is 13.2. The van der Waals surface area contributed by atoms with Gasteiger partial charge in [-0.15, -0.1) is 21.5 Å². The van der Waals surface area contributed by atoms with Crippen molar-refractivity contribution in [1.82, 2.24) is 15.2 Å². The molecule has 23 heavy (non-hydrogen) atoms. The lowest BCUT2D eigenvalue weighted by Crippen LogP contribution is -2.11. The molecule has 0 saturated carbocycles. The number of hydrogen-bond donors (Lipinski definition) is 1. The summed E-state index contributed by atoms with van der Waals surface area (Å²) in [5.41, 5.74) is 1.73. The average Bonchev–Trinajstić information content (AvgIpc) is 3.15. The first kappa shape index (κ1) is 15.8. The second-order valence-corrected chi connectivity index (χ2v) is 7.36. The fourth-order valence-corrected chi connectivity index (χ4v) is 3.69. The van der Waals surface area contributed by atoms with Gasteiger partial charge >= 0.3 is 0 Å². The van der Waals surface area contributed by atoms with Crippen molar-refractivity contribution < 1.29 is 4.79 Å². The highest BCUT2D eigenvalue weighted by molar-refractivity contribution is 7.17. The molecule has 0 radical (unpaired) electrons. The second-order valence-electron chi connectivity index (χ2n) is 5.35. The van der Waals surface area contributed by atoms with E-state index in [-0.39, 0.29) is 5.91 Å². The highest BCUT2D eigenvalue weighted by Crippen LogP contribution is 2.29. The van der Waals surface area contributed by atoms with E-state index < -0.39 is 0 Å². The zero-order chi connectivity index (χ0) is 16.4. The number of benzene rings is 1. The number of nitrogens with zero attached hydrogens (tertiary/aromatic N) is 3. The Morgan fingerprint density at radius 3 is 2.52 bits per heavy atom. The topological polar surface area (TPSA) is 67.8 Å². The highest BCUT2D eigenvalue weighted by Gasteiger charge is 2.18. The van der Waals surface area contributed by atoms with Crippen LogP contribution in [0.2, 0.25) is 0 Å². The van der Waals surface area contributed by atoms with Gasteiger partial charge in [0.25, 0.3) is 5.91 Å². The smallest absolute Gasteiger partial charge is 0.269 e. The predicted octanol–water partition coefficient (Wildman–Crippen LogP) is 4.35. The van der Waals surface area contributed by atoms with Crippen LogP contribution in [0.4, 0.5) is 5.13 Å². The van der Waals surface area contributed by atoms with Gasteiger partial charge in [-0.3, -0.25) is 10.1 Å². The molecule has 0 aliphatic carbocycles. The van der Waals surface area contributed by atoms with Crippen LogP contribution in [0.1, 0.15) is 40.1 Å². The Hall–Kier alpha value is -2.12. The second kappa shape index (κ2) is 6.55. The van der Waals surface area contributed by atoms with Gasteiger partial charge in [0.15, 0.2) is 0 Å². The average molecular weight is 344 g/mol. The van der Waals surface area contributed by atoms with Crippen LogP contribution in [0, 0.1) is 6.92 Å². The molecule has 2 heterocycles. The highest BCUT2D eigenvalue weighted by atomic mass is 32.1. The van der Waals surface area contributed by atoms with Crippen molar-refractivity contribution in [3.05, 3.63) is 45.9 Å². The summed E-state index contributed by atoms with van der Waals surface area (Å²) >= 11 is 2.79. The van der Waals surface area contributed by atoms with Gasteiger partial charge in [-0.05, 0) is 6.92 Å². The molecule has 0 atom stereocenters. The summed E-state index contributed by atoms with van der Waals surface area (Å²) < 4.78 is 0. The molecule has 7 heteroatoms. The van der Waals surface area contributed by atoms with Crippen LogP contribution in [-0.4, -0.2) is 21.1 Å². The monoisotopic (exact) mass is 344 g/mol. The van der Waals surface area contributed by atoms with E-state index in [1.165, 1.54) is 22.7 Å². The molecule has 5 nitrogen and oxygen atoms in total. The van der Waals surface area contributed by atoms with Gasteiger partial charge in [0.05, 0.1) is 5.69 Å². The maximum absolute atomic E-state index is 12.5. The van der Waals surface area contributed by atoms with Crippen LogP contribution in [-0.2, 0) is 0 Å². The minimum atomic E-state index is -0.186. The largest absolute Gasteiger partial charge is 0.296 e. The quantitative estimate of drug-likeness (QED) is 0.764. The molecule has 0 saturated heterocycles. The number of rotatable bonds is 4. The van der Waals surface area contributed by atoms with Gasteiger partial charge < -0.3 is 0 Å². The molecule has 118 valence electrons. The van der Waals surface area contributed by atoms with Crippen LogP contribution >= 0.6 is 22.7 Å². The molecule has 1 N–H and O–H groups in total. The van der Waals surface area contributed by atoms with E-state index in [9.17, 15) is 4.79 Å². The number of carbonyl (C=O) groups excluding carboxylic acids is 1. The summed E-state index contributed by atoms with van der Waals surface area (Å²) in [7, 11) is 0. The summed E-state index contributed by atoms with van der Waals surface area (Å²) in [6.07, 6.45) is 0. The Bertz CT molecular complexity index is 824. The number of anilines is 1. The van der Waals surface area contributed by atoms with Gasteiger partial charge in [-0.2, -0.15) is 0 Å². The summed E-state index contributed by atoms with van der Waals surface area (Å²) in [6, 6.07) is 9.85. The van der Waals surface area contributed by atoms with E-state index >= 15 is 0 Å². The number of aromatic nitrogens is 3. The van der Waals surface area contributed by atoms with Crippen LogP contribution in [0.5, 0.6) is 0 Å². The van der Waals surface area contributed by atoms with E-state index in [1.54, 1.807) is 0 Å². The van der Waals surface area contributed by atoms with Crippen LogP contribution in [0.25, 0.3) is 10.6 Å². The molecule has 0 bridgehead atoms. The number of carbonyl (C=O) groups is 1. The molecule has 0 spiro atoms. The summed E-state index contributed by atoms with van der Waals surface area (Å²) in [4.78, 5) is 17.6. The Morgan fingerprint density at radius 2 is 1.87 bits per heavy atom. The normalized spacial score (nSPS) is 11.0. The Kier molecular flexibility index (Phi) is 4.49. The van der Waals surface area contributed by atoms with Crippen molar-refractivity contribution in [3.8, 4) is 10.6 Å². The summed E-state index contributed by atoms with van der Waals surface area (Å²) in [5.74, 6) is 0.113. The zero-order valence-corrected chi connectivity index (χ0v) is 14.7. The minimum absolute atomic E-state index is 0.186. The molecule has 0 aliphatic heterocycles. The number of thiazole rings is 1. The van der Waals surface area contributed by atoms with Crippen LogP contribution in [0.3, 0.4) is 0 Å². The fraction of sp³-hybridized carbons (Fsp3) is 0.250. The molecule has 3 rings (SSSR count).